The first kappa shape index (κ1) is 12.0. The quantitative estimate of drug-likeness (QED) is 0.870. The molecule has 0 aromatic carbocycles. The maximum absolute atomic E-state index is 11.3. The maximum atomic E-state index is 11.3. The molecule has 1 saturated carbocycles. The van der Waals surface area contributed by atoms with Crippen molar-refractivity contribution < 1.29 is 15.0 Å². The lowest BCUT2D eigenvalue weighted by molar-refractivity contribution is 0.0693. The van der Waals surface area contributed by atoms with Gasteiger partial charge in [0, 0.05) is 5.92 Å². The van der Waals surface area contributed by atoms with E-state index in [1.165, 1.54) is 6.42 Å². The first-order valence-corrected chi connectivity index (χ1v) is 6.62. The molecule has 0 saturated heterocycles. The Balaban J connectivity index is 2.20. The lowest BCUT2D eigenvalue weighted by Gasteiger charge is -2.20. The third-order valence-corrected chi connectivity index (χ3v) is 3.84. The number of fused-ring (bicyclic) bond motifs is 1. The predicted molar refractivity (Wildman–Crippen MR) is 69.6 cm³/mol. The van der Waals surface area contributed by atoms with Crippen molar-refractivity contribution >= 4 is 11.5 Å². The van der Waals surface area contributed by atoms with Crippen LogP contribution in [0.15, 0.2) is 18.2 Å². The van der Waals surface area contributed by atoms with Crippen LogP contribution in [0, 0.1) is 0 Å². The monoisotopic (exact) mass is 260 g/mol. The molecule has 1 aliphatic carbocycles. The van der Waals surface area contributed by atoms with Crippen LogP contribution in [0.4, 0.5) is 0 Å². The summed E-state index contributed by atoms with van der Waals surface area (Å²) in [5.74, 6) is -0.0731. The summed E-state index contributed by atoms with van der Waals surface area (Å²) in [4.78, 5) is 15.5. The highest BCUT2D eigenvalue weighted by molar-refractivity contribution is 5.93. The first-order valence-electron chi connectivity index (χ1n) is 6.62. The lowest BCUT2D eigenvalue weighted by atomic mass is 9.89. The Kier molecular flexibility index (Phi) is 2.89. The van der Waals surface area contributed by atoms with E-state index in [9.17, 15) is 15.0 Å². The lowest BCUT2D eigenvalue weighted by Crippen LogP contribution is -2.09. The Morgan fingerprint density at radius 2 is 2.00 bits per heavy atom. The van der Waals surface area contributed by atoms with Crippen LogP contribution >= 0.6 is 0 Å². The average molecular weight is 260 g/mol. The molecular formula is C14H16N2O3. The Morgan fingerprint density at radius 1 is 1.26 bits per heavy atom. The van der Waals surface area contributed by atoms with E-state index >= 15 is 0 Å². The summed E-state index contributed by atoms with van der Waals surface area (Å²) in [5, 5.41) is 19.2. The van der Waals surface area contributed by atoms with Crippen molar-refractivity contribution in [3.8, 4) is 5.88 Å². The number of aromatic nitrogens is 2. The molecule has 0 aliphatic heterocycles. The standard InChI is InChI=1S/C14H16N2O3/c17-11-8-4-7-10-12(14(18)19)15-13(16(10)11)9-5-2-1-3-6-9/h4,7-9,17H,1-3,5-6H2,(H,18,19). The Labute approximate surface area is 110 Å². The van der Waals surface area contributed by atoms with Crippen LogP contribution in [0.2, 0.25) is 0 Å². The molecule has 19 heavy (non-hydrogen) atoms. The normalized spacial score (nSPS) is 16.8. The minimum Gasteiger partial charge on any atom is -0.494 e. The zero-order chi connectivity index (χ0) is 13.4. The molecule has 0 bridgehead atoms. The Hall–Kier alpha value is -2.04. The van der Waals surface area contributed by atoms with Crippen molar-refractivity contribution in [2.45, 2.75) is 38.0 Å². The van der Waals surface area contributed by atoms with Crippen molar-refractivity contribution in [1.29, 1.82) is 0 Å². The SMILES string of the molecule is O=C(O)c1nc(C2CCCCC2)n2c(O)cccc12. The molecular weight excluding hydrogens is 244 g/mol. The highest BCUT2D eigenvalue weighted by Crippen LogP contribution is 2.34. The molecule has 2 aromatic heterocycles. The number of pyridine rings is 1. The van der Waals surface area contributed by atoms with Gasteiger partial charge in [-0.25, -0.2) is 9.78 Å². The van der Waals surface area contributed by atoms with Crippen LogP contribution in [0.1, 0.15) is 54.3 Å². The number of hydrogen-bond acceptors (Lipinski definition) is 3. The van der Waals surface area contributed by atoms with Gasteiger partial charge in [-0.05, 0) is 25.0 Å². The van der Waals surface area contributed by atoms with E-state index < -0.39 is 5.97 Å². The summed E-state index contributed by atoms with van der Waals surface area (Å²) in [6.07, 6.45) is 5.50. The molecule has 0 unspecified atom stereocenters. The number of carbonyl (C=O) groups is 1. The molecule has 2 N–H and O–H groups in total. The number of rotatable bonds is 2. The second kappa shape index (κ2) is 4.57. The fourth-order valence-electron chi connectivity index (χ4n) is 2.94. The number of nitrogens with zero attached hydrogens (tertiary/aromatic N) is 2. The number of carboxylic acid groups (broad SMARTS) is 1. The van der Waals surface area contributed by atoms with E-state index in [2.05, 4.69) is 4.98 Å². The van der Waals surface area contributed by atoms with Crippen molar-refractivity contribution in [2.75, 3.05) is 0 Å². The van der Waals surface area contributed by atoms with E-state index in [1.807, 2.05) is 0 Å². The smallest absolute Gasteiger partial charge is 0.356 e. The van der Waals surface area contributed by atoms with Gasteiger partial charge in [-0.3, -0.25) is 4.40 Å². The van der Waals surface area contributed by atoms with Gasteiger partial charge in [0.2, 0.25) is 0 Å². The van der Waals surface area contributed by atoms with Crippen molar-refractivity contribution in [1.82, 2.24) is 9.38 Å². The molecule has 100 valence electrons. The average Bonchev–Trinajstić information content (AvgIpc) is 2.81. The topological polar surface area (TPSA) is 74.8 Å². The van der Waals surface area contributed by atoms with Gasteiger partial charge in [0.05, 0.1) is 5.52 Å². The molecule has 2 aromatic rings. The number of aromatic carboxylic acids is 1. The molecule has 1 fully saturated rings. The van der Waals surface area contributed by atoms with E-state index in [0.29, 0.717) is 11.3 Å². The summed E-state index contributed by atoms with van der Waals surface area (Å²) in [6, 6.07) is 4.89. The molecule has 0 spiro atoms. The largest absolute Gasteiger partial charge is 0.494 e. The number of imidazole rings is 1. The van der Waals surface area contributed by atoms with Crippen molar-refractivity contribution in [2.24, 2.45) is 0 Å². The van der Waals surface area contributed by atoms with Crippen LogP contribution < -0.4 is 0 Å². The van der Waals surface area contributed by atoms with Crippen LogP contribution in [-0.4, -0.2) is 25.6 Å². The minimum atomic E-state index is -1.05. The number of hydrogen-bond donors (Lipinski definition) is 2. The molecule has 2 heterocycles. The maximum Gasteiger partial charge on any atom is 0.356 e. The van der Waals surface area contributed by atoms with Gasteiger partial charge in [-0.1, -0.05) is 25.3 Å². The van der Waals surface area contributed by atoms with E-state index in [0.717, 1.165) is 25.7 Å². The number of aromatic hydroxyl groups is 1. The molecule has 5 nitrogen and oxygen atoms in total. The molecule has 0 atom stereocenters. The van der Waals surface area contributed by atoms with E-state index in [4.69, 9.17) is 0 Å². The van der Waals surface area contributed by atoms with Crippen LogP contribution in [0.3, 0.4) is 0 Å². The van der Waals surface area contributed by atoms with Gasteiger partial charge in [-0.2, -0.15) is 0 Å². The third kappa shape index (κ3) is 1.95. The molecule has 0 amide bonds. The Morgan fingerprint density at radius 3 is 2.68 bits per heavy atom. The van der Waals surface area contributed by atoms with Gasteiger partial charge in [-0.15, -0.1) is 0 Å². The fraction of sp³-hybridized carbons (Fsp3) is 0.429. The second-order valence-corrected chi connectivity index (χ2v) is 5.06. The van der Waals surface area contributed by atoms with Gasteiger partial charge in [0.1, 0.15) is 5.82 Å². The summed E-state index contributed by atoms with van der Waals surface area (Å²) in [6.45, 7) is 0. The summed E-state index contributed by atoms with van der Waals surface area (Å²) >= 11 is 0. The van der Waals surface area contributed by atoms with Crippen molar-refractivity contribution in [3.05, 3.63) is 29.7 Å². The highest BCUT2D eigenvalue weighted by atomic mass is 16.4. The van der Waals surface area contributed by atoms with Gasteiger partial charge >= 0.3 is 5.97 Å². The van der Waals surface area contributed by atoms with E-state index in [1.54, 1.807) is 22.6 Å². The van der Waals surface area contributed by atoms with Crippen LogP contribution in [0.5, 0.6) is 5.88 Å². The molecule has 0 radical (unpaired) electrons. The first-order chi connectivity index (χ1) is 9.18. The van der Waals surface area contributed by atoms with Crippen LogP contribution in [-0.2, 0) is 0 Å². The molecule has 3 rings (SSSR count). The van der Waals surface area contributed by atoms with Crippen LogP contribution in [0.25, 0.3) is 5.52 Å². The summed E-state index contributed by atoms with van der Waals surface area (Å²) in [7, 11) is 0. The fourth-order valence-corrected chi connectivity index (χ4v) is 2.94. The molecule has 5 heteroatoms. The van der Waals surface area contributed by atoms with Crippen molar-refractivity contribution in [3.63, 3.8) is 0 Å². The van der Waals surface area contributed by atoms with Gasteiger partial charge in [0.25, 0.3) is 0 Å². The van der Waals surface area contributed by atoms with Gasteiger partial charge in [0.15, 0.2) is 11.6 Å². The zero-order valence-electron chi connectivity index (χ0n) is 10.5. The van der Waals surface area contributed by atoms with E-state index in [-0.39, 0.29) is 17.5 Å². The second-order valence-electron chi connectivity index (χ2n) is 5.06. The zero-order valence-corrected chi connectivity index (χ0v) is 10.5. The number of carboxylic acids is 1. The Bertz CT molecular complexity index is 627. The minimum absolute atomic E-state index is 0.0245. The summed E-state index contributed by atoms with van der Waals surface area (Å²) in [5.41, 5.74) is 0.490. The van der Waals surface area contributed by atoms with Gasteiger partial charge < -0.3 is 10.2 Å². The highest BCUT2D eigenvalue weighted by Gasteiger charge is 2.25. The third-order valence-electron chi connectivity index (χ3n) is 3.84. The predicted octanol–water partition coefficient (Wildman–Crippen LogP) is 2.79. The molecule has 1 aliphatic rings. The summed E-state index contributed by atoms with van der Waals surface area (Å²) < 4.78 is 1.58.